The van der Waals surface area contributed by atoms with E-state index in [1.807, 2.05) is 0 Å². The third kappa shape index (κ3) is 5.64. The van der Waals surface area contributed by atoms with E-state index >= 15 is 0 Å². The highest BCUT2D eigenvalue weighted by Gasteiger charge is 2.41. The SMILES string of the molecule is Cl.NC1(C(=O)N(CCC(F)(F)F)CC2CC2)CCOCC1. The van der Waals surface area contributed by atoms with E-state index in [4.69, 9.17) is 10.5 Å². The molecule has 124 valence electrons. The topological polar surface area (TPSA) is 55.6 Å². The van der Waals surface area contributed by atoms with Crippen LogP contribution < -0.4 is 5.73 Å². The highest BCUT2D eigenvalue weighted by Crippen LogP contribution is 2.32. The van der Waals surface area contributed by atoms with Gasteiger partial charge in [-0.3, -0.25) is 4.79 Å². The fourth-order valence-electron chi connectivity index (χ4n) is 2.41. The molecule has 0 aromatic rings. The number of rotatable bonds is 5. The average Bonchev–Trinajstić information content (AvgIpc) is 3.17. The predicted octanol–water partition coefficient (Wildman–Crippen LogP) is 2.11. The first-order valence-corrected chi connectivity index (χ1v) is 7.03. The van der Waals surface area contributed by atoms with Crippen LogP contribution in [0.3, 0.4) is 0 Å². The zero-order valence-electron chi connectivity index (χ0n) is 11.8. The molecule has 0 aromatic heterocycles. The smallest absolute Gasteiger partial charge is 0.381 e. The van der Waals surface area contributed by atoms with E-state index in [-0.39, 0.29) is 24.9 Å². The maximum absolute atomic E-state index is 12.5. The molecule has 2 fully saturated rings. The van der Waals surface area contributed by atoms with Gasteiger partial charge < -0.3 is 15.4 Å². The van der Waals surface area contributed by atoms with Crippen molar-refractivity contribution in [3.63, 3.8) is 0 Å². The summed E-state index contributed by atoms with van der Waals surface area (Å²) < 4.78 is 42.3. The molecule has 21 heavy (non-hydrogen) atoms. The Balaban J connectivity index is 0.00000220. The minimum absolute atomic E-state index is 0. The molecule has 1 saturated heterocycles. The van der Waals surface area contributed by atoms with E-state index in [1.165, 1.54) is 4.90 Å². The molecular formula is C13H22ClF3N2O2. The van der Waals surface area contributed by atoms with Crippen molar-refractivity contribution in [1.29, 1.82) is 0 Å². The molecule has 8 heteroatoms. The molecule has 2 rings (SSSR count). The van der Waals surface area contributed by atoms with Gasteiger partial charge in [-0.05, 0) is 31.6 Å². The van der Waals surface area contributed by atoms with Crippen LogP contribution in [0.25, 0.3) is 0 Å². The quantitative estimate of drug-likeness (QED) is 0.840. The molecule has 1 aliphatic carbocycles. The first-order chi connectivity index (χ1) is 9.30. The second-order valence-electron chi connectivity index (χ2n) is 5.83. The Hall–Kier alpha value is -0.530. The van der Waals surface area contributed by atoms with Gasteiger partial charge in [0.05, 0.1) is 12.0 Å². The molecule has 1 amide bonds. The molecule has 0 unspecified atom stereocenters. The maximum atomic E-state index is 12.5. The number of carbonyl (C=O) groups excluding carboxylic acids is 1. The largest absolute Gasteiger partial charge is 0.390 e. The molecule has 4 nitrogen and oxygen atoms in total. The average molecular weight is 331 g/mol. The van der Waals surface area contributed by atoms with Gasteiger partial charge in [0.2, 0.25) is 5.91 Å². The van der Waals surface area contributed by atoms with E-state index in [2.05, 4.69) is 0 Å². The fraction of sp³-hybridized carbons (Fsp3) is 0.923. The van der Waals surface area contributed by atoms with Crippen molar-refractivity contribution < 1.29 is 22.7 Å². The van der Waals surface area contributed by atoms with Crippen LogP contribution in [0, 0.1) is 5.92 Å². The highest BCUT2D eigenvalue weighted by atomic mass is 35.5. The van der Waals surface area contributed by atoms with Gasteiger partial charge in [0.15, 0.2) is 0 Å². The van der Waals surface area contributed by atoms with Crippen LogP contribution in [0.2, 0.25) is 0 Å². The summed E-state index contributed by atoms with van der Waals surface area (Å²) in [5.74, 6) is -0.00688. The first-order valence-electron chi connectivity index (χ1n) is 7.03. The summed E-state index contributed by atoms with van der Waals surface area (Å²) in [6.45, 7) is 0.880. The van der Waals surface area contributed by atoms with E-state index in [0.717, 1.165) is 12.8 Å². The Kier molecular flexibility index (Phi) is 6.31. The number of carbonyl (C=O) groups is 1. The third-order valence-corrected chi connectivity index (χ3v) is 3.94. The van der Waals surface area contributed by atoms with Crippen molar-refractivity contribution in [2.75, 3.05) is 26.3 Å². The number of nitrogens with zero attached hydrogens (tertiary/aromatic N) is 1. The molecule has 1 heterocycles. The van der Waals surface area contributed by atoms with Crippen LogP contribution in [0.1, 0.15) is 32.1 Å². The zero-order chi connectivity index (χ0) is 14.8. The minimum Gasteiger partial charge on any atom is -0.381 e. The molecular weight excluding hydrogens is 309 g/mol. The standard InChI is InChI=1S/C13H21F3N2O2.ClH/c14-13(15,16)3-6-18(9-10-1-2-10)11(19)12(17)4-7-20-8-5-12;/h10H,1-9,17H2;1H. The molecule has 0 aromatic carbocycles. The molecule has 2 aliphatic rings. The van der Waals surface area contributed by atoms with Crippen LogP contribution >= 0.6 is 12.4 Å². The van der Waals surface area contributed by atoms with Gasteiger partial charge in [-0.2, -0.15) is 13.2 Å². The molecule has 1 saturated carbocycles. The number of halogens is 4. The highest BCUT2D eigenvalue weighted by molar-refractivity contribution is 5.86. The summed E-state index contributed by atoms with van der Waals surface area (Å²) in [6, 6.07) is 0. The minimum atomic E-state index is -4.25. The number of hydrogen-bond acceptors (Lipinski definition) is 3. The summed E-state index contributed by atoms with van der Waals surface area (Å²) in [6.07, 6.45) is -2.51. The van der Waals surface area contributed by atoms with E-state index in [9.17, 15) is 18.0 Å². The Labute approximate surface area is 128 Å². The lowest BCUT2D eigenvalue weighted by Crippen LogP contribution is -2.58. The van der Waals surface area contributed by atoms with Crippen LogP contribution in [-0.4, -0.2) is 48.8 Å². The third-order valence-electron chi connectivity index (χ3n) is 3.94. The summed E-state index contributed by atoms with van der Waals surface area (Å²) in [5, 5.41) is 0. The van der Waals surface area contributed by atoms with Crippen molar-refractivity contribution >= 4 is 18.3 Å². The van der Waals surface area contributed by atoms with Crippen molar-refractivity contribution in [1.82, 2.24) is 4.90 Å². The van der Waals surface area contributed by atoms with Crippen LogP contribution in [-0.2, 0) is 9.53 Å². The predicted molar refractivity (Wildman–Crippen MR) is 74.2 cm³/mol. The lowest BCUT2D eigenvalue weighted by Gasteiger charge is -2.37. The second-order valence-corrected chi connectivity index (χ2v) is 5.83. The van der Waals surface area contributed by atoms with Gasteiger partial charge in [0.25, 0.3) is 0 Å². The lowest BCUT2D eigenvalue weighted by molar-refractivity contribution is -0.150. The van der Waals surface area contributed by atoms with E-state index in [1.54, 1.807) is 0 Å². The summed E-state index contributed by atoms with van der Waals surface area (Å²) in [5.41, 5.74) is 5.03. The zero-order valence-corrected chi connectivity index (χ0v) is 12.6. The number of nitrogens with two attached hydrogens (primary N) is 1. The normalized spacial score (nSPS) is 21.5. The van der Waals surface area contributed by atoms with E-state index < -0.39 is 18.1 Å². The number of amides is 1. The fourth-order valence-corrected chi connectivity index (χ4v) is 2.41. The molecule has 0 radical (unpaired) electrons. The summed E-state index contributed by atoms with van der Waals surface area (Å²) >= 11 is 0. The van der Waals surface area contributed by atoms with Crippen LogP contribution in [0.15, 0.2) is 0 Å². The van der Waals surface area contributed by atoms with Gasteiger partial charge in [0, 0.05) is 26.3 Å². The number of alkyl halides is 3. The van der Waals surface area contributed by atoms with Crippen molar-refractivity contribution in [2.24, 2.45) is 11.7 Å². The molecule has 2 N–H and O–H groups in total. The summed E-state index contributed by atoms with van der Waals surface area (Å²) in [7, 11) is 0. The Morgan fingerprint density at radius 3 is 2.33 bits per heavy atom. The lowest BCUT2D eigenvalue weighted by atomic mass is 9.89. The second kappa shape index (κ2) is 7.15. The van der Waals surface area contributed by atoms with Crippen molar-refractivity contribution in [3.05, 3.63) is 0 Å². The van der Waals surface area contributed by atoms with Crippen LogP contribution in [0.4, 0.5) is 13.2 Å². The molecule has 0 bridgehead atoms. The molecule has 0 spiro atoms. The van der Waals surface area contributed by atoms with Crippen LogP contribution in [0.5, 0.6) is 0 Å². The molecule has 0 atom stereocenters. The van der Waals surface area contributed by atoms with E-state index in [0.29, 0.717) is 38.5 Å². The van der Waals surface area contributed by atoms with Gasteiger partial charge >= 0.3 is 6.18 Å². The Morgan fingerprint density at radius 2 is 1.86 bits per heavy atom. The molecule has 1 aliphatic heterocycles. The van der Waals surface area contributed by atoms with Gasteiger partial charge in [0.1, 0.15) is 0 Å². The Morgan fingerprint density at radius 1 is 1.29 bits per heavy atom. The number of ether oxygens (including phenoxy) is 1. The van der Waals surface area contributed by atoms with Crippen molar-refractivity contribution in [3.8, 4) is 0 Å². The van der Waals surface area contributed by atoms with Gasteiger partial charge in [-0.15, -0.1) is 12.4 Å². The Bertz CT molecular complexity index is 356. The maximum Gasteiger partial charge on any atom is 0.390 e. The van der Waals surface area contributed by atoms with Gasteiger partial charge in [-0.25, -0.2) is 0 Å². The number of hydrogen-bond donors (Lipinski definition) is 1. The van der Waals surface area contributed by atoms with Crippen molar-refractivity contribution in [2.45, 2.75) is 43.8 Å². The van der Waals surface area contributed by atoms with Gasteiger partial charge in [-0.1, -0.05) is 0 Å². The summed E-state index contributed by atoms with van der Waals surface area (Å²) in [4.78, 5) is 13.8. The first kappa shape index (κ1) is 18.5. The monoisotopic (exact) mass is 330 g/mol.